The van der Waals surface area contributed by atoms with Crippen molar-refractivity contribution in [2.24, 2.45) is 0 Å². The number of hydrogen-bond acceptors (Lipinski definition) is 4. The van der Waals surface area contributed by atoms with Crippen molar-refractivity contribution in [2.45, 2.75) is 44.6 Å². The van der Waals surface area contributed by atoms with Crippen molar-refractivity contribution in [2.75, 3.05) is 0 Å². The quantitative estimate of drug-likeness (QED) is 0.512. The summed E-state index contributed by atoms with van der Waals surface area (Å²) in [6, 6.07) is 18.0. The molecule has 1 aliphatic heterocycles. The molecule has 0 bridgehead atoms. The number of carboxylic acid groups (broad SMARTS) is 1. The highest BCUT2D eigenvalue weighted by Crippen LogP contribution is 2.34. The van der Waals surface area contributed by atoms with Crippen LogP contribution in [0.2, 0.25) is 5.02 Å². The van der Waals surface area contributed by atoms with E-state index in [1.54, 1.807) is 35.2 Å². The molecule has 0 aromatic heterocycles. The average molecular weight is 478 g/mol. The summed E-state index contributed by atoms with van der Waals surface area (Å²) < 4.78 is 6.01. The summed E-state index contributed by atoms with van der Waals surface area (Å²) in [5.41, 5.74) is 4.20. The molecule has 2 aliphatic rings. The fourth-order valence-electron chi connectivity index (χ4n) is 4.84. The zero-order valence-corrected chi connectivity index (χ0v) is 19.2. The van der Waals surface area contributed by atoms with E-state index >= 15 is 0 Å². The van der Waals surface area contributed by atoms with Gasteiger partial charge in [0.05, 0.1) is 22.7 Å². The summed E-state index contributed by atoms with van der Waals surface area (Å²) >= 11 is 5.99. The number of ether oxygens (including phenoxy) is 1. The smallest absolute Gasteiger partial charge is 0.337 e. The fraction of sp³-hybridized carbons (Fsp3) is 0.259. The summed E-state index contributed by atoms with van der Waals surface area (Å²) in [6.45, 7) is 0.816. The van der Waals surface area contributed by atoms with Crippen LogP contribution in [0.1, 0.15) is 51.1 Å². The lowest BCUT2D eigenvalue weighted by Gasteiger charge is -2.26. The molecule has 7 heteroatoms. The molecule has 0 spiro atoms. The first-order valence-corrected chi connectivity index (χ1v) is 11.7. The average Bonchev–Trinajstić information content (AvgIpc) is 3.40. The van der Waals surface area contributed by atoms with Crippen LogP contribution in [0, 0.1) is 0 Å². The van der Waals surface area contributed by atoms with Crippen LogP contribution in [-0.2, 0) is 13.2 Å². The maximum absolute atomic E-state index is 12.8. The molecule has 2 unspecified atom stereocenters. The first-order valence-electron chi connectivity index (χ1n) is 11.3. The van der Waals surface area contributed by atoms with Gasteiger partial charge >= 0.3 is 5.97 Å². The van der Waals surface area contributed by atoms with Gasteiger partial charge in [-0.05, 0) is 77.9 Å². The number of carbonyl (C=O) groups is 2. The van der Waals surface area contributed by atoms with Crippen molar-refractivity contribution >= 4 is 23.5 Å². The van der Waals surface area contributed by atoms with Crippen molar-refractivity contribution in [1.29, 1.82) is 0 Å². The second-order valence-electron chi connectivity index (χ2n) is 8.81. The maximum atomic E-state index is 12.8. The Morgan fingerprint density at radius 3 is 2.65 bits per heavy atom. The zero-order chi connectivity index (χ0) is 23.8. The van der Waals surface area contributed by atoms with Crippen LogP contribution in [0.5, 0.6) is 5.75 Å². The monoisotopic (exact) mass is 477 g/mol. The topological polar surface area (TPSA) is 87.1 Å². The van der Waals surface area contributed by atoms with E-state index in [1.165, 1.54) is 0 Å². The highest BCUT2D eigenvalue weighted by molar-refractivity contribution is 6.33. The number of aromatic carboxylic acids is 1. The number of aliphatic hydroxyl groups is 1. The van der Waals surface area contributed by atoms with Crippen LogP contribution in [0.15, 0.2) is 60.7 Å². The Balaban J connectivity index is 1.29. The van der Waals surface area contributed by atoms with Gasteiger partial charge in [-0.2, -0.15) is 0 Å². The minimum atomic E-state index is -1.07. The Morgan fingerprint density at radius 1 is 1.06 bits per heavy atom. The largest absolute Gasteiger partial charge is 0.489 e. The summed E-state index contributed by atoms with van der Waals surface area (Å²) in [5, 5.41) is 19.8. The predicted molar refractivity (Wildman–Crippen MR) is 128 cm³/mol. The predicted octanol–water partition coefficient (Wildman–Crippen LogP) is 5.15. The summed E-state index contributed by atoms with van der Waals surface area (Å²) in [7, 11) is 0. The number of rotatable bonds is 6. The van der Waals surface area contributed by atoms with Crippen LogP contribution in [0.3, 0.4) is 0 Å². The highest BCUT2D eigenvalue weighted by atomic mass is 35.5. The molecule has 2 N–H and O–H groups in total. The summed E-state index contributed by atoms with van der Waals surface area (Å²) in [5.74, 6) is -0.420. The van der Waals surface area contributed by atoms with Crippen molar-refractivity contribution in [3.63, 3.8) is 0 Å². The third kappa shape index (κ3) is 4.27. The zero-order valence-electron chi connectivity index (χ0n) is 18.4. The number of nitrogens with zero attached hydrogens (tertiary/aromatic N) is 1. The molecular formula is C27H24ClNO5. The van der Waals surface area contributed by atoms with E-state index in [9.17, 15) is 19.8 Å². The second kappa shape index (κ2) is 9.12. The van der Waals surface area contributed by atoms with Crippen molar-refractivity contribution < 1.29 is 24.5 Å². The van der Waals surface area contributed by atoms with Crippen LogP contribution in [0.4, 0.5) is 0 Å². The lowest BCUT2D eigenvalue weighted by atomic mass is 10.0. The normalized spacial score (nSPS) is 19.4. The number of fused-ring (bicyclic) bond motifs is 1. The van der Waals surface area contributed by atoms with Gasteiger partial charge in [-0.25, -0.2) is 4.79 Å². The van der Waals surface area contributed by atoms with Gasteiger partial charge in [-0.1, -0.05) is 35.9 Å². The van der Waals surface area contributed by atoms with Gasteiger partial charge in [-0.3, -0.25) is 4.79 Å². The molecular weight excluding hydrogens is 454 g/mol. The first-order chi connectivity index (χ1) is 16.4. The third-order valence-corrected chi connectivity index (χ3v) is 6.95. The van der Waals surface area contributed by atoms with Crippen molar-refractivity contribution in [1.82, 2.24) is 4.90 Å². The molecule has 1 aliphatic carbocycles. The van der Waals surface area contributed by atoms with Gasteiger partial charge in [-0.15, -0.1) is 0 Å². The van der Waals surface area contributed by atoms with Gasteiger partial charge in [0.2, 0.25) is 0 Å². The maximum Gasteiger partial charge on any atom is 0.337 e. The molecule has 6 nitrogen and oxygen atoms in total. The van der Waals surface area contributed by atoms with Crippen LogP contribution >= 0.6 is 11.6 Å². The Morgan fingerprint density at radius 2 is 1.88 bits per heavy atom. The molecule has 2 atom stereocenters. The molecule has 3 aromatic carbocycles. The number of carboxylic acids is 1. The van der Waals surface area contributed by atoms with Crippen LogP contribution in [0.25, 0.3) is 11.1 Å². The number of aliphatic hydroxyl groups excluding tert-OH is 1. The van der Waals surface area contributed by atoms with Crippen LogP contribution < -0.4 is 4.74 Å². The van der Waals surface area contributed by atoms with Gasteiger partial charge in [0.15, 0.2) is 0 Å². The van der Waals surface area contributed by atoms with E-state index in [0.717, 1.165) is 41.5 Å². The van der Waals surface area contributed by atoms with E-state index in [0.29, 0.717) is 24.5 Å². The standard InChI is InChI=1S/C27H24ClNO5/c28-23-10-7-18(13-22(23)27(32)33)17-4-1-3-16(11-17)15-34-20-8-9-21-19(12-20)14-29(26(21)31)24-5-2-6-25(24)30/h1,3-4,7-13,24-25,30H,2,5-6,14-15H2,(H,32,33). The number of hydrogen-bond donors (Lipinski definition) is 2. The van der Waals surface area contributed by atoms with Gasteiger partial charge in [0.1, 0.15) is 12.4 Å². The molecule has 1 fully saturated rings. The molecule has 0 saturated heterocycles. The minimum absolute atomic E-state index is 0.0242. The Hall–Kier alpha value is -3.35. The first kappa shape index (κ1) is 22.4. The van der Waals surface area contributed by atoms with Gasteiger partial charge < -0.3 is 19.8 Å². The van der Waals surface area contributed by atoms with Crippen molar-refractivity contribution in [3.05, 3.63) is 87.9 Å². The van der Waals surface area contributed by atoms with E-state index in [2.05, 4.69) is 0 Å². The highest BCUT2D eigenvalue weighted by Gasteiger charge is 2.38. The number of benzene rings is 3. The van der Waals surface area contributed by atoms with E-state index in [1.807, 2.05) is 30.3 Å². The number of carbonyl (C=O) groups excluding carboxylic acids is 1. The fourth-order valence-corrected chi connectivity index (χ4v) is 5.04. The number of halogens is 1. The lowest BCUT2D eigenvalue weighted by Crippen LogP contribution is -2.40. The Labute approximate surface area is 202 Å². The molecule has 1 heterocycles. The molecule has 3 aromatic rings. The Bertz CT molecular complexity index is 1270. The summed E-state index contributed by atoms with van der Waals surface area (Å²) in [4.78, 5) is 26.0. The lowest BCUT2D eigenvalue weighted by molar-refractivity contribution is 0.0479. The third-order valence-electron chi connectivity index (χ3n) is 6.62. The van der Waals surface area contributed by atoms with E-state index in [-0.39, 0.29) is 22.5 Å². The molecule has 1 amide bonds. The minimum Gasteiger partial charge on any atom is -0.489 e. The molecule has 174 valence electrons. The Kier molecular flexibility index (Phi) is 6.02. The second-order valence-corrected chi connectivity index (χ2v) is 9.21. The van der Waals surface area contributed by atoms with Crippen LogP contribution in [-0.4, -0.2) is 39.1 Å². The van der Waals surface area contributed by atoms with Crippen molar-refractivity contribution in [3.8, 4) is 16.9 Å². The molecule has 5 rings (SSSR count). The summed E-state index contributed by atoms with van der Waals surface area (Å²) in [6.07, 6.45) is 2.06. The van der Waals surface area contributed by atoms with Gasteiger partial charge in [0.25, 0.3) is 5.91 Å². The molecule has 34 heavy (non-hydrogen) atoms. The van der Waals surface area contributed by atoms with E-state index < -0.39 is 12.1 Å². The molecule has 1 saturated carbocycles. The molecule has 0 radical (unpaired) electrons. The number of amides is 1. The van der Waals surface area contributed by atoms with Gasteiger partial charge in [0, 0.05) is 12.1 Å². The van der Waals surface area contributed by atoms with E-state index in [4.69, 9.17) is 16.3 Å². The SMILES string of the molecule is O=C(O)c1cc(-c2cccc(COc3ccc4c(c3)CN(C3CCCC3O)C4=O)c2)ccc1Cl.